The molecular weight excluding hydrogens is 556 g/mol. The van der Waals surface area contributed by atoms with Crippen molar-refractivity contribution in [3.63, 3.8) is 0 Å². The lowest BCUT2D eigenvalue weighted by Gasteiger charge is -2.37. The lowest BCUT2D eigenvalue weighted by Crippen LogP contribution is -2.47. The van der Waals surface area contributed by atoms with Crippen LogP contribution in [0.4, 0.5) is 15.9 Å². The number of hydrogen-bond donors (Lipinski definition) is 1. The summed E-state index contributed by atoms with van der Waals surface area (Å²) in [6, 6.07) is 23.2. The van der Waals surface area contributed by atoms with Gasteiger partial charge in [0.05, 0.1) is 10.7 Å². The normalized spacial score (nSPS) is 13.4. The van der Waals surface area contributed by atoms with Gasteiger partial charge >= 0.3 is 0 Å². The van der Waals surface area contributed by atoms with E-state index in [1.165, 1.54) is 23.9 Å². The number of halogens is 3. The lowest BCUT2D eigenvalue weighted by molar-refractivity contribution is 0.0951. The van der Waals surface area contributed by atoms with Crippen LogP contribution >= 0.6 is 35.0 Å². The molecule has 6 nitrogen and oxygen atoms in total. The summed E-state index contributed by atoms with van der Waals surface area (Å²) in [7, 11) is 0. The van der Waals surface area contributed by atoms with Crippen LogP contribution in [-0.2, 0) is 12.3 Å². The Morgan fingerprint density at radius 2 is 1.62 bits per heavy atom. The molecule has 0 bridgehead atoms. The van der Waals surface area contributed by atoms with Gasteiger partial charge in [-0.1, -0.05) is 71.4 Å². The second-order valence-electron chi connectivity index (χ2n) is 9.06. The Morgan fingerprint density at radius 1 is 0.872 bits per heavy atom. The van der Waals surface area contributed by atoms with Gasteiger partial charge in [0.25, 0.3) is 5.91 Å². The maximum Gasteiger partial charge on any atom is 0.251 e. The van der Waals surface area contributed by atoms with Crippen LogP contribution in [0.5, 0.6) is 0 Å². The first-order valence-electron chi connectivity index (χ1n) is 12.5. The number of hydrogen-bond acceptors (Lipinski definition) is 6. The molecule has 1 N–H and O–H groups in total. The predicted octanol–water partition coefficient (Wildman–Crippen LogP) is 6.47. The summed E-state index contributed by atoms with van der Waals surface area (Å²) in [6.45, 7) is 3.55. The summed E-state index contributed by atoms with van der Waals surface area (Å²) in [4.78, 5) is 26.3. The molecule has 1 fully saturated rings. The minimum atomic E-state index is -0.304. The molecule has 0 spiro atoms. The van der Waals surface area contributed by atoms with Crippen molar-refractivity contribution in [2.45, 2.75) is 17.5 Å². The summed E-state index contributed by atoms with van der Waals surface area (Å²) < 4.78 is 13.1. The van der Waals surface area contributed by atoms with Crippen LogP contribution in [0.1, 0.15) is 21.5 Å². The summed E-state index contributed by atoms with van der Waals surface area (Å²) in [6.07, 6.45) is 0. The van der Waals surface area contributed by atoms with Gasteiger partial charge in [-0.15, -0.1) is 0 Å². The molecule has 1 aromatic heterocycles. The Labute approximate surface area is 241 Å². The molecule has 10 heteroatoms. The largest absolute Gasteiger partial charge is 0.367 e. The maximum atomic E-state index is 13.1. The Bertz CT molecular complexity index is 1450. The number of nitrogens with zero attached hydrogens (tertiary/aromatic N) is 4. The topological polar surface area (TPSA) is 61.4 Å². The van der Waals surface area contributed by atoms with E-state index in [1.807, 2.05) is 42.5 Å². The van der Waals surface area contributed by atoms with E-state index >= 15 is 0 Å². The number of carbonyl (C=O) groups is 1. The van der Waals surface area contributed by atoms with Gasteiger partial charge in [-0.2, -0.15) is 0 Å². The van der Waals surface area contributed by atoms with Crippen LogP contribution in [0.25, 0.3) is 0 Å². The first-order valence-corrected chi connectivity index (χ1v) is 14.2. The zero-order valence-corrected chi connectivity index (χ0v) is 23.3. The average molecular weight is 583 g/mol. The lowest BCUT2D eigenvalue weighted by atomic mass is 10.1. The van der Waals surface area contributed by atoms with Crippen molar-refractivity contribution in [3.05, 3.63) is 112 Å². The molecule has 0 radical (unpaired) electrons. The van der Waals surface area contributed by atoms with Gasteiger partial charge in [0.1, 0.15) is 16.8 Å². The zero-order chi connectivity index (χ0) is 27.2. The standard InChI is InChI=1S/C29H26Cl2FN5OS/c30-24-6-1-2-7-25(24)36-12-14-37(15-13-36)27-17-26(31)34-29(35-27)39-19-21-4-3-5-22(16-21)28(38)33-18-20-8-10-23(32)11-9-20/h1-11,16-17H,12-15,18-19H2,(H,33,38). The SMILES string of the molecule is O=C(NCc1ccc(F)cc1)c1cccc(CSc2nc(Cl)cc(N3CCN(c4ccccc4Cl)CC3)n2)c1. The third kappa shape index (κ3) is 7.20. The molecule has 1 amide bonds. The number of piperazine rings is 1. The van der Waals surface area contributed by atoms with E-state index < -0.39 is 0 Å². The molecule has 1 aliphatic rings. The number of thioether (sulfide) groups is 1. The summed E-state index contributed by atoms with van der Waals surface area (Å²) >= 11 is 14.2. The van der Waals surface area contributed by atoms with Gasteiger partial charge < -0.3 is 15.1 Å². The first-order chi connectivity index (χ1) is 18.9. The molecule has 2 heterocycles. The second-order valence-corrected chi connectivity index (χ2v) is 10.8. The van der Waals surface area contributed by atoms with E-state index in [9.17, 15) is 9.18 Å². The first kappa shape index (κ1) is 27.2. The molecule has 200 valence electrons. The van der Waals surface area contributed by atoms with Crippen molar-refractivity contribution in [2.75, 3.05) is 36.0 Å². The molecule has 0 saturated carbocycles. The molecule has 3 aromatic carbocycles. The zero-order valence-electron chi connectivity index (χ0n) is 21.0. The number of para-hydroxylation sites is 1. The fourth-order valence-electron chi connectivity index (χ4n) is 4.33. The van der Waals surface area contributed by atoms with Crippen LogP contribution in [0, 0.1) is 5.82 Å². The highest BCUT2D eigenvalue weighted by molar-refractivity contribution is 7.98. The van der Waals surface area contributed by atoms with Gasteiger partial charge in [-0.3, -0.25) is 4.79 Å². The number of amides is 1. The highest BCUT2D eigenvalue weighted by Gasteiger charge is 2.21. The van der Waals surface area contributed by atoms with Crippen molar-refractivity contribution in [2.24, 2.45) is 0 Å². The Balaban J connectivity index is 1.18. The summed E-state index contributed by atoms with van der Waals surface area (Å²) in [5.74, 6) is 0.884. The Morgan fingerprint density at radius 3 is 2.38 bits per heavy atom. The number of carbonyl (C=O) groups excluding carboxylic acids is 1. The molecule has 4 aromatic rings. The van der Waals surface area contributed by atoms with Crippen LogP contribution < -0.4 is 15.1 Å². The van der Waals surface area contributed by atoms with Crippen LogP contribution in [0.15, 0.2) is 84.0 Å². The fourth-order valence-corrected chi connectivity index (χ4v) is 5.61. The molecule has 0 aliphatic carbocycles. The highest BCUT2D eigenvalue weighted by Crippen LogP contribution is 2.29. The van der Waals surface area contributed by atoms with Crippen LogP contribution in [0.2, 0.25) is 10.2 Å². The van der Waals surface area contributed by atoms with Gasteiger partial charge in [0.15, 0.2) is 5.16 Å². The molecule has 1 aliphatic heterocycles. The molecule has 39 heavy (non-hydrogen) atoms. The molecule has 0 atom stereocenters. The number of anilines is 2. The number of aromatic nitrogens is 2. The molecule has 1 saturated heterocycles. The highest BCUT2D eigenvalue weighted by atomic mass is 35.5. The van der Waals surface area contributed by atoms with Crippen LogP contribution in [-0.4, -0.2) is 42.1 Å². The number of rotatable bonds is 8. The quantitative estimate of drug-likeness (QED) is 0.146. The summed E-state index contributed by atoms with van der Waals surface area (Å²) in [5, 5.41) is 4.60. The monoisotopic (exact) mass is 581 g/mol. The van der Waals surface area contributed by atoms with Crippen molar-refractivity contribution in [1.82, 2.24) is 15.3 Å². The van der Waals surface area contributed by atoms with Gasteiger partial charge in [-0.25, -0.2) is 14.4 Å². The van der Waals surface area contributed by atoms with Crippen molar-refractivity contribution in [3.8, 4) is 0 Å². The van der Waals surface area contributed by atoms with E-state index in [-0.39, 0.29) is 11.7 Å². The van der Waals surface area contributed by atoms with Gasteiger partial charge in [0.2, 0.25) is 0 Å². The van der Waals surface area contributed by atoms with E-state index in [4.69, 9.17) is 28.2 Å². The maximum absolute atomic E-state index is 13.1. The van der Waals surface area contributed by atoms with E-state index in [0.29, 0.717) is 28.2 Å². The molecule has 0 unspecified atom stereocenters. The van der Waals surface area contributed by atoms with Gasteiger partial charge in [0, 0.05) is 50.1 Å². The van der Waals surface area contributed by atoms with Crippen LogP contribution in [0.3, 0.4) is 0 Å². The minimum absolute atomic E-state index is 0.191. The van der Waals surface area contributed by atoms with E-state index in [2.05, 4.69) is 20.1 Å². The average Bonchev–Trinajstić information content (AvgIpc) is 2.96. The van der Waals surface area contributed by atoms with Crippen molar-refractivity contribution < 1.29 is 9.18 Å². The Kier molecular flexibility index (Phi) is 8.86. The smallest absolute Gasteiger partial charge is 0.251 e. The predicted molar refractivity (Wildman–Crippen MR) is 156 cm³/mol. The van der Waals surface area contributed by atoms with E-state index in [1.54, 1.807) is 24.3 Å². The minimum Gasteiger partial charge on any atom is -0.367 e. The van der Waals surface area contributed by atoms with Crippen molar-refractivity contribution in [1.29, 1.82) is 0 Å². The fraction of sp³-hybridized carbons (Fsp3) is 0.207. The second kappa shape index (κ2) is 12.7. The van der Waals surface area contributed by atoms with E-state index in [0.717, 1.165) is 53.8 Å². The molecular formula is C29H26Cl2FN5OS. The number of benzene rings is 3. The van der Waals surface area contributed by atoms with Gasteiger partial charge in [-0.05, 0) is 47.5 Å². The van der Waals surface area contributed by atoms with Crippen molar-refractivity contribution >= 4 is 52.4 Å². The Hall–Kier alpha value is -3.33. The summed E-state index contributed by atoms with van der Waals surface area (Å²) in [5.41, 5.74) is 3.39. The number of nitrogens with one attached hydrogen (secondary N) is 1. The third-order valence-electron chi connectivity index (χ3n) is 6.38. The molecule has 5 rings (SSSR count). The third-order valence-corrected chi connectivity index (χ3v) is 7.81.